The van der Waals surface area contributed by atoms with Crippen LogP contribution in [0.3, 0.4) is 0 Å². The number of fused-ring (bicyclic) bond motifs is 1. The Kier molecular flexibility index (Phi) is 4.67. The fourth-order valence-corrected chi connectivity index (χ4v) is 3.92. The molecule has 0 spiro atoms. The van der Waals surface area contributed by atoms with E-state index in [0.717, 1.165) is 28.2 Å². The molecule has 0 unspecified atom stereocenters. The molecule has 0 atom stereocenters. The molecule has 2 heterocycles. The summed E-state index contributed by atoms with van der Waals surface area (Å²) in [5.74, 6) is 0.851. The zero-order valence-corrected chi connectivity index (χ0v) is 18.1. The standard InChI is InChI=1S/C28H25N3/c1-28(2,3)22-10-8-9-21(19-22)20-14-16-23(17-15-20)31-26-13-5-4-11-24(26)30-27(31)25-12-6-7-18-29-25/h4-19H,1-3H3. The van der Waals surface area contributed by atoms with Gasteiger partial charge >= 0.3 is 0 Å². The average Bonchev–Trinajstić information content (AvgIpc) is 3.19. The van der Waals surface area contributed by atoms with E-state index in [1.165, 1.54) is 16.7 Å². The monoisotopic (exact) mass is 403 g/mol. The van der Waals surface area contributed by atoms with Gasteiger partial charge in [0.25, 0.3) is 0 Å². The Labute approximate surface area is 183 Å². The Balaban J connectivity index is 1.61. The maximum absolute atomic E-state index is 4.88. The smallest absolute Gasteiger partial charge is 0.164 e. The van der Waals surface area contributed by atoms with Crippen LogP contribution in [-0.2, 0) is 5.41 Å². The zero-order valence-electron chi connectivity index (χ0n) is 18.1. The highest BCUT2D eigenvalue weighted by Crippen LogP contribution is 2.31. The van der Waals surface area contributed by atoms with Crippen LogP contribution in [0.25, 0.3) is 39.4 Å². The Morgan fingerprint density at radius 3 is 2.23 bits per heavy atom. The summed E-state index contributed by atoms with van der Waals surface area (Å²) in [4.78, 5) is 9.42. The molecule has 3 aromatic carbocycles. The number of nitrogens with zero attached hydrogens (tertiary/aromatic N) is 3. The topological polar surface area (TPSA) is 30.7 Å². The molecule has 0 aliphatic heterocycles. The fourth-order valence-electron chi connectivity index (χ4n) is 3.92. The molecule has 3 nitrogen and oxygen atoms in total. The summed E-state index contributed by atoms with van der Waals surface area (Å²) in [7, 11) is 0. The lowest BCUT2D eigenvalue weighted by Gasteiger charge is -2.20. The van der Waals surface area contributed by atoms with Crippen LogP contribution < -0.4 is 0 Å². The van der Waals surface area contributed by atoms with E-state index in [4.69, 9.17) is 4.98 Å². The number of hydrogen-bond acceptors (Lipinski definition) is 2. The van der Waals surface area contributed by atoms with E-state index in [9.17, 15) is 0 Å². The van der Waals surface area contributed by atoms with Gasteiger partial charge in [0, 0.05) is 11.9 Å². The summed E-state index contributed by atoms with van der Waals surface area (Å²) >= 11 is 0. The third-order valence-corrected chi connectivity index (χ3v) is 5.64. The molecule has 5 rings (SSSR count). The molecule has 0 radical (unpaired) electrons. The first-order valence-corrected chi connectivity index (χ1v) is 10.6. The van der Waals surface area contributed by atoms with Gasteiger partial charge in [-0.15, -0.1) is 0 Å². The van der Waals surface area contributed by atoms with Gasteiger partial charge in [-0.25, -0.2) is 4.98 Å². The summed E-state index contributed by atoms with van der Waals surface area (Å²) in [6, 6.07) is 31.7. The second-order valence-electron chi connectivity index (χ2n) is 8.85. The van der Waals surface area contributed by atoms with Gasteiger partial charge in [-0.2, -0.15) is 0 Å². The number of hydrogen-bond donors (Lipinski definition) is 0. The number of para-hydroxylation sites is 2. The minimum absolute atomic E-state index is 0.128. The van der Waals surface area contributed by atoms with E-state index in [0.29, 0.717) is 0 Å². The predicted octanol–water partition coefficient (Wildman–Crippen LogP) is 7.05. The Bertz CT molecular complexity index is 1340. The van der Waals surface area contributed by atoms with Crippen LogP contribution in [0, 0.1) is 0 Å². The lowest BCUT2D eigenvalue weighted by atomic mass is 9.85. The molecule has 0 N–H and O–H groups in total. The average molecular weight is 404 g/mol. The predicted molar refractivity (Wildman–Crippen MR) is 128 cm³/mol. The van der Waals surface area contributed by atoms with Gasteiger partial charge in [-0.1, -0.05) is 75.4 Å². The second kappa shape index (κ2) is 7.51. The first-order valence-electron chi connectivity index (χ1n) is 10.6. The maximum Gasteiger partial charge on any atom is 0.164 e. The van der Waals surface area contributed by atoms with Crippen molar-refractivity contribution in [2.45, 2.75) is 26.2 Å². The molecular formula is C28H25N3. The molecule has 3 heteroatoms. The molecule has 2 aromatic heterocycles. The molecule has 0 fully saturated rings. The van der Waals surface area contributed by atoms with Gasteiger partial charge in [0.15, 0.2) is 5.82 Å². The van der Waals surface area contributed by atoms with Gasteiger partial charge in [-0.3, -0.25) is 9.55 Å². The number of benzene rings is 3. The Morgan fingerprint density at radius 1 is 0.710 bits per heavy atom. The van der Waals surface area contributed by atoms with Crippen LogP contribution in [-0.4, -0.2) is 14.5 Å². The van der Waals surface area contributed by atoms with Crippen molar-refractivity contribution >= 4 is 11.0 Å². The number of aromatic nitrogens is 3. The molecule has 0 amide bonds. The van der Waals surface area contributed by atoms with Crippen molar-refractivity contribution in [3.05, 3.63) is 103 Å². The van der Waals surface area contributed by atoms with E-state index >= 15 is 0 Å². The zero-order chi connectivity index (χ0) is 21.4. The first-order chi connectivity index (χ1) is 15.0. The molecule has 0 saturated carbocycles. The molecular weight excluding hydrogens is 378 g/mol. The quantitative estimate of drug-likeness (QED) is 0.323. The summed E-state index contributed by atoms with van der Waals surface area (Å²) in [5.41, 5.74) is 7.88. The largest absolute Gasteiger partial charge is 0.291 e. The van der Waals surface area contributed by atoms with Gasteiger partial charge in [0.1, 0.15) is 5.69 Å². The number of imidazole rings is 1. The Morgan fingerprint density at radius 2 is 1.48 bits per heavy atom. The van der Waals surface area contributed by atoms with E-state index < -0.39 is 0 Å². The van der Waals surface area contributed by atoms with Gasteiger partial charge in [0.2, 0.25) is 0 Å². The van der Waals surface area contributed by atoms with Crippen LogP contribution in [0.5, 0.6) is 0 Å². The molecule has 31 heavy (non-hydrogen) atoms. The summed E-state index contributed by atoms with van der Waals surface area (Å²) in [6.45, 7) is 6.75. The molecule has 5 aromatic rings. The highest BCUT2D eigenvalue weighted by Gasteiger charge is 2.16. The van der Waals surface area contributed by atoms with Gasteiger partial charge in [-0.05, 0) is 58.5 Å². The van der Waals surface area contributed by atoms with Crippen molar-refractivity contribution in [3.8, 4) is 28.3 Å². The lowest BCUT2D eigenvalue weighted by molar-refractivity contribution is 0.590. The number of pyridine rings is 1. The summed E-state index contributed by atoms with van der Waals surface area (Å²) in [5, 5.41) is 0. The molecule has 0 saturated heterocycles. The highest BCUT2D eigenvalue weighted by atomic mass is 15.1. The van der Waals surface area contributed by atoms with Gasteiger partial charge in [0.05, 0.1) is 11.0 Å². The SMILES string of the molecule is CC(C)(C)c1cccc(-c2ccc(-n3c(-c4ccccn4)nc4ccccc43)cc2)c1. The summed E-state index contributed by atoms with van der Waals surface area (Å²) in [6.07, 6.45) is 1.81. The minimum atomic E-state index is 0.128. The van der Waals surface area contributed by atoms with Crippen molar-refractivity contribution < 1.29 is 0 Å². The third-order valence-electron chi connectivity index (χ3n) is 5.64. The van der Waals surface area contributed by atoms with Crippen LogP contribution >= 0.6 is 0 Å². The minimum Gasteiger partial charge on any atom is -0.291 e. The maximum atomic E-state index is 4.88. The summed E-state index contributed by atoms with van der Waals surface area (Å²) < 4.78 is 2.19. The third kappa shape index (κ3) is 3.64. The normalized spacial score (nSPS) is 11.7. The van der Waals surface area contributed by atoms with E-state index in [1.54, 1.807) is 0 Å². The molecule has 0 aliphatic rings. The van der Waals surface area contributed by atoms with Crippen LogP contribution in [0.4, 0.5) is 0 Å². The lowest BCUT2D eigenvalue weighted by Crippen LogP contribution is -2.10. The van der Waals surface area contributed by atoms with E-state index in [-0.39, 0.29) is 5.41 Å². The molecule has 0 aliphatic carbocycles. The fraction of sp³-hybridized carbons (Fsp3) is 0.143. The van der Waals surface area contributed by atoms with Crippen molar-refractivity contribution in [2.75, 3.05) is 0 Å². The van der Waals surface area contributed by atoms with E-state index in [2.05, 4.69) is 91.0 Å². The van der Waals surface area contributed by atoms with Crippen LogP contribution in [0.15, 0.2) is 97.2 Å². The molecule has 152 valence electrons. The first kappa shape index (κ1) is 19.3. The molecule has 0 bridgehead atoms. The van der Waals surface area contributed by atoms with Crippen molar-refractivity contribution in [2.24, 2.45) is 0 Å². The highest BCUT2D eigenvalue weighted by molar-refractivity contribution is 5.82. The van der Waals surface area contributed by atoms with Crippen molar-refractivity contribution in [1.29, 1.82) is 0 Å². The Hall–Kier alpha value is -3.72. The van der Waals surface area contributed by atoms with Crippen molar-refractivity contribution in [3.63, 3.8) is 0 Å². The second-order valence-corrected chi connectivity index (χ2v) is 8.85. The van der Waals surface area contributed by atoms with Crippen LogP contribution in [0.1, 0.15) is 26.3 Å². The van der Waals surface area contributed by atoms with Crippen molar-refractivity contribution in [1.82, 2.24) is 14.5 Å². The van der Waals surface area contributed by atoms with E-state index in [1.807, 2.05) is 36.5 Å². The van der Waals surface area contributed by atoms with Crippen LogP contribution in [0.2, 0.25) is 0 Å². The van der Waals surface area contributed by atoms with Gasteiger partial charge < -0.3 is 0 Å². The number of rotatable bonds is 3.